The van der Waals surface area contributed by atoms with E-state index >= 15 is 0 Å². The van der Waals surface area contributed by atoms with Crippen molar-refractivity contribution >= 4 is 0 Å². The quantitative estimate of drug-likeness (QED) is 0.653. The van der Waals surface area contributed by atoms with E-state index in [0.29, 0.717) is 17.8 Å². The molecular weight excluding hydrogens is 326 g/mol. The Balaban J connectivity index is 1.58. The van der Waals surface area contributed by atoms with Crippen molar-refractivity contribution in [3.63, 3.8) is 0 Å². The number of aliphatic hydroxyl groups excluding tert-OH is 2. The van der Waals surface area contributed by atoms with Crippen molar-refractivity contribution < 1.29 is 14.9 Å². The van der Waals surface area contributed by atoms with Gasteiger partial charge in [-0.05, 0) is 60.8 Å². The lowest BCUT2D eigenvalue weighted by atomic mass is 9.38. The van der Waals surface area contributed by atoms with Crippen LogP contribution in [0.15, 0.2) is 12.2 Å². The van der Waals surface area contributed by atoms with Crippen LogP contribution in [0.1, 0.15) is 45.4 Å². The van der Waals surface area contributed by atoms with Gasteiger partial charge in [0, 0.05) is 29.8 Å². The highest BCUT2D eigenvalue weighted by Gasteiger charge is 2.90. The summed E-state index contributed by atoms with van der Waals surface area (Å²) >= 11 is 0. The molecule has 6 aliphatic carbocycles. The number of aliphatic hydroxyl groups is 2. The summed E-state index contributed by atoms with van der Waals surface area (Å²) in [6.07, 6.45) is 5.87. The topological polar surface area (TPSA) is 52.9 Å². The first-order chi connectivity index (χ1) is 12.4. The van der Waals surface area contributed by atoms with Gasteiger partial charge in [0.05, 0.1) is 18.8 Å². The minimum Gasteiger partial charge on any atom is -0.392 e. The molecule has 2 aliphatic heterocycles. The third-order valence-electron chi connectivity index (χ3n) is 10.9. The summed E-state index contributed by atoms with van der Waals surface area (Å²) in [5.41, 5.74) is 0.791. The van der Waals surface area contributed by atoms with Gasteiger partial charge >= 0.3 is 0 Å². The third kappa shape index (κ3) is 1.14. The molecule has 0 aromatic rings. The Morgan fingerprint density at radius 3 is 2.77 bits per heavy atom. The Morgan fingerprint density at radius 2 is 1.92 bits per heavy atom. The van der Waals surface area contributed by atoms with E-state index in [-0.39, 0.29) is 22.5 Å². The number of nitrogens with zero attached hydrogens (tertiary/aromatic N) is 1. The number of rotatable bonds is 0. The van der Waals surface area contributed by atoms with Gasteiger partial charge in [-0.25, -0.2) is 0 Å². The largest absolute Gasteiger partial charge is 0.392 e. The summed E-state index contributed by atoms with van der Waals surface area (Å²) in [5.74, 6) is 1.62. The minimum absolute atomic E-state index is 0.134. The molecule has 2 N–H and O–H groups in total. The molecule has 10 atom stereocenters. The molecular formula is C22H31NO3. The number of piperidine rings is 1. The van der Waals surface area contributed by atoms with E-state index in [1.54, 1.807) is 0 Å². The minimum atomic E-state index is -0.547. The maximum atomic E-state index is 11.6. The smallest absolute Gasteiger partial charge is 0.131 e. The highest BCUT2D eigenvalue weighted by atomic mass is 16.5. The Labute approximate surface area is 155 Å². The van der Waals surface area contributed by atoms with E-state index in [2.05, 4.69) is 18.4 Å². The highest BCUT2D eigenvalue weighted by molar-refractivity contribution is 5.41. The molecule has 26 heavy (non-hydrogen) atoms. The lowest BCUT2D eigenvalue weighted by Crippen LogP contribution is -2.72. The zero-order valence-electron chi connectivity index (χ0n) is 15.8. The molecule has 142 valence electrons. The fourth-order valence-corrected chi connectivity index (χ4v) is 10.6. The molecule has 8 fully saturated rings. The molecule has 8 aliphatic rings. The van der Waals surface area contributed by atoms with Gasteiger partial charge in [0.25, 0.3) is 0 Å². The summed E-state index contributed by atoms with van der Waals surface area (Å²) in [4.78, 5) is 2.70. The molecule has 0 aromatic carbocycles. The summed E-state index contributed by atoms with van der Waals surface area (Å²) < 4.78 is 6.84. The van der Waals surface area contributed by atoms with E-state index in [9.17, 15) is 10.2 Å². The summed E-state index contributed by atoms with van der Waals surface area (Å²) in [7, 11) is 0. The first-order valence-corrected chi connectivity index (χ1v) is 10.9. The summed E-state index contributed by atoms with van der Waals surface area (Å²) in [5, 5.41) is 23.1. The van der Waals surface area contributed by atoms with Crippen LogP contribution in [0.3, 0.4) is 0 Å². The fourth-order valence-electron chi connectivity index (χ4n) is 10.6. The molecule has 0 aromatic heterocycles. The lowest BCUT2D eigenvalue weighted by Gasteiger charge is -2.69. The van der Waals surface area contributed by atoms with Crippen LogP contribution in [-0.2, 0) is 4.74 Å². The van der Waals surface area contributed by atoms with Crippen molar-refractivity contribution in [2.75, 3.05) is 19.7 Å². The second kappa shape index (κ2) is 4.12. The van der Waals surface area contributed by atoms with Crippen LogP contribution >= 0.6 is 0 Å². The number of fused-ring (bicyclic) bond motifs is 1. The fraction of sp³-hybridized carbons (Fsp3) is 0.909. The summed E-state index contributed by atoms with van der Waals surface area (Å²) in [6, 6.07) is 0. The van der Waals surface area contributed by atoms with Crippen LogP contribution < -0.4 is 0 Å². The second-order valence-corrected chi connectivity index (χ2v) is 11.1. The molecule has 6 bridgehead atoms. The third-order valence-corrected chi connectivity index (χ3v) is 10.9. The van der Waals surface area contributed by atoms with E-state index < -0.39 is 17.6 Å². The summed E-state index contributed by atoms with van der Waals surface area (Å²) in [6.45, 7) is 9.75. The van der Waals surface area contributed by atoms with E-state index in [1.807, 2.05) is 0 Å². The monoisotopic (exact) mass is 357 g/mol. The van der Waals surface area contributed by atoms with E-state index in [0.717, 1.165) is 44.5 Å². The van der Waals surface area contributed by atoms with Crippen molar-refractivity contribution in [2.45, 2.75) is 63.4 Å². The molecule has 2 heterocycles. The Bertz CT molecular complexity index is 739. The molecule has 3 spiro atoms. The van der Waals surface area contributed by atoms with Crippen molar-refractivity contribution in [3.8, 4) is 0 Å². The van der Waals surface area contributed by atoms with Crippen molar-refractivity contribution in [1.82, 2.24) is 4.90 Å². The molecule has 2 saturated heterocycles. The van der Waals surface area contributed by atoms with Crippen LogP contribution in [0.25, 0.3) is 0 Å². The average molecular weight is 357 g/mol. The molecule has 0 unspecified atom stereocenters. The Kier molecular flexibility index (Phi) is 2.46. The molecule has 6 saturated carbocycles. The van der Waals surface area contributed by atoms with Crippen molar-refractivity contribution in [2.24, 2.45) is 39.9 Å². The van der Waals surface area contributed by atoms with Gasteiger partial charge in [0.2, 0.25) is 0 Å². The van der Waals surface area contributed by atoms with Gasteiger partial charge < -0.3 is 14.9 Å². The average Bonchev–Trinajstić information content (AvgIpc) is 3.04. The first-order valence-electron chi connectivity index (χ1n) is 10.9. The van der Waals surface area contributed by atoms with Gasteiger partial charge in [0.15, 0.2) is 0 Å². The van der Waals surface area contributed by atoms with E-state index in [4.69, 9.17) is 4.74 Å². The Hall–Kier alpha value is -0.420. The standard InChI is InChI=1S/C22H31NO3/c1-12-13-8-15-20-5-3-4-19(2)11-23-6-7-26-22(20,23)16(9-13)21(15,18(12)25)17(24)10-14(19)20/h13-18,24-25H,1,3-11H2,2H3/t13-,14-,15+,16+,17+,18-,19-,20+,21+,22+/m1/s1. The normalized spacial score (nSPS) is 67.6. The van der Waals surface area contributed by atoms with Crippen molar-refractivity contribution in [1.29, 1.82) is 0 Å². The Morgan fingerprint density at radius 1 is 1.12 bits per heavy atom. The number of hydrogen-bond acceptors (Lipinski definition) is 4. The molecule has 8 rings (SSSR count). The molecule has 4 nitrogen and oxygen atoms in total. The van der Waals surface area contributed by atoms with Crippen LogP contribution in [0.4, 0.5) is 0 Å². The van der Waals surface area contributed by atoms with Gasteiger partial charge in [0.1, 0.15) is 5.72 Å². The number of ether oxygens (including phenoxy) is 1. The van der Waals surface area contributed by atoms with Crippen LogP contribution in [0, 0.1) is 39.9 Å². The predicted molar refractivity (Wildman–Crippen MR) is 96.0 cm³/mol. The maximum absolute atomic E-state index is 11.6. The van der Waals surface area contributed by atoms with Gasteiger partial charge in [-0.1, -0.05) is 19.9 Å². The van der Waals surface area contributed by atoms with Crippen LogP contribution in [-0.4, -0.2) is 52.7 Å². The molecule has 4 heteroatoms. The number of hydrogen-bond donors (Lipinski definition) is 2. The van der Waals surface area contributed by atoms with Crippen LogP contribution in [0.2, 0.25) is 0 Å². The van der Waals surface area contributed by atoms with Crippen molar-refractivity contribution in [3.05, 3.63) is 12.2 Å². The van der Waals surface area contributed by atoms with E-state index in [1.165, 1.54) is 19.3 Å². The zero-order chi connectivity index (χ0) is 17.7. The first kappa shape index (κ1) is 15.5. The maximum Gasteiger partial charge on any atom is 0.131 e. The zero-order valence-corrected chi connectivity index (χ0v) is 15.8. The van der Waals surface area contributed by atoms with Gasteiger partial charge in [-0.3, -0.25) is 4.90 Å². The molecule has 0 amide bonds. The SMILES string of the molecule is C=C1[C@@H]2C[C@@H]3[C@@]4([C@@H]1O)[C@@H](O)C[C@@H]1[C@]5(C)CCC[C@]13[C@@]1(OCCN1C5)[C@H]4C2. The second-order valence-electron chi connectivity index (χ2n) is 11.1. The van der Waals surface area contributed by atoms with Gasteiger partial charge in [-0.2, -0.15) is 0 Å². The van der Waals surface area contributed by atoms with Crippen LogP contribution in [0.5, 0.6) is 0 Å². The lowest BCUT2D eigenvalue weighted by molar-refractivity contribution is -0.285. The molecule has 0 radical (unpaired) electrons. The highest BCUT2D eigenvalue weighted by Crippen LogP contribution is 2.86. The predicted octanol–water partition coefficient (Wildman–Crippen LogP) is 2.16. The van der Waals surface area contributed by atoms with Gasteiger partial charge in [-0.15, -0.1) is 0 Å².